The molecule has 118 valence electrons. The first-order valence-corrected chi connectivity index (χ1v) is 8.63. The minimum absolute atomic E-state index is 0.419. The fourth-order valence-corrected chi connectivity index (χ4v) is 3.58. The van der Waals surface area contributed by atoms with Gasteiger partial charge in [0, 0.05) is 12.6 Å². The lowest BCUT2D eigenvalue weighted by Crippen LogP contribution is -2.39. The molecular weight excluding hydrogens is 256 g/mol. The number of hydrogen-bond donors (Lipinski definition) is 1. The first-order chi connectivity index (χ1) is 10.2. The van der Waals surface area contributed by atoms with Crippen LogP contribution in [-0.2, 0) is 6.54 Å². The zero-order chi connectivity index (χ0) is 15.1. The van der Waals surface area contributed by atoms with E-state index in [0.717, 1.165) is 13.1 Å². The van der Waals surface area contributed by atoms with Crippen LogP contribution in [0.2, 0.25) is 0 Å². The Morgan fingerprint density at radius 1 is 1.10 bits per heavy atom. The Labute approximate surface area is 130 Å². The van der Waals surface area contributed by atoms with E-state index in [1.54, 1.807) is 0 Å². The van der Waals surface area contributed by atoms with Crippen LogP contribution in [0, 0.1) is 5.41 Å². The van der Waals surface area contributed by atoms with Crippen molar-refractivity contribution in [2.45, 2.75) is 65.0 Å². The van der Waals surface area contributed by atoms with Crippen molar-refractivity contribution < 1.29 is 0 Å². The van der Waals surface area contributed by atoms with Crippen LogP contribution in [0.15, 0.2) is 30.3 Å². The molecular formula is C19H32N2. The number of nitrogens with zero attached hydrogens (tertiary/aromatic N) is 1. The lowest BCUT2D eigenvalue weighted by molar-refractivity contribution is 0.127. The van der Waals surface area contributed by atoms with Crippen LogP contribution >= 0.6 is 0 Å². The van der Waals surface area contributed by atoms with E-state index < -0.39 is 0 Å². The molecule has 0 radical (unpaired) electrons. The van der Waals surface area contributed by atoms with Crippen molar-refractivity contribution in [3.8, 4) is 0 Å². The minimum atomic E-state index is 0.419. The summed E-state index contributed by atoms with van der Waals surface area (Å²) in [6.07, 6.45) is 8.07. The summed E-state index contributed by atoms with van der Waals surface area (Å²) in [5, 5.41) is 0. The summed E-state index contributed by atoms with van der Waals surface area (Å²) in [5.41, 5.74) is 7.97. The second-order valence-electron chi connectivity index (χ2n) is 7.06. The van der Waals surface area contributed by atoms with Gasteiger partial charge in [-0.3, -0.25) is 4.90 Å². The van der Waals surface area contributed by atoms with E-state index in [1.807, 2.05) is 0 Å². The molecule has 1 aliphatic carbocycles. The Bertz CT molecular complexity index is 393. The fraction of sp³-hybridized carbons (Fsp3) is 0.684. The average Bonchev–Trinajstić information content (AvgIpc) is 2.53. The molecule has 2 nitrogen and oxygen atoms in total. The molecule has 2 N–H and O–H groups in total. The highest BCUT2D eigenvalue weighted by Crippen LogP contribution is 2.38. The molecule has 0 heterocycles. The summed E-state index contributed by atoms with van der Waals surface area (Å²) >= 11 is 0. The van der Waals surface area contributed by atoms with E-state index in [9.17, 15) is 0 Å². The molecule has 0 saturated heterocycles. The molecule has 21 heavy (non-hydrogen) atoms. The van der Waals surface area contributed by atoms with Crippen LogP contribution in [0.5, 0.6) is 0 Å². The van der Waals surface area contributed by atoms with Crippen molar-refractivity contribution in [1.29, 1.82) is 0 Å². The van der Waals surface area contributed by atoms with Crippen LogP contribution < -0.4 is 5.73 Å². The van der Waals surface area contributed by atoms with Crippen LogP contribution in [0.3, 0.4) is 0 Å². The van der Waals surface area contributed by atoms with Crippen LogP contribution in [0.4, 0.5) is 0 Å². The normalized spacial score (nSPS) is 18.3. The van der Waals surface area contributed by atoms with Crippen LogP contribution in [0.25, 0.3) is 0 Å². The van der Waals surface area contributed by atoms with E-state index in [1.165, 1.54) is 50.6 Å². The molecule has 2 rings (SSSR count). The van der Waals surface area contributed by atoms with Gasteiger partial charge in [-0.05, 0) is 57.2 Å². The zero-order valence-corrected chi connectivity index (χ0v) is 13.9. The smallest absolute Gasteiger partial charge is 0.0236 e. The van der Waals surface area contributed by atoms with Gasteiger partial charge in [0.1, 0.15) is 0 Å². The second-order valence-corrected chi connectivity index (χ2v) is 7.06. The summed E-state index contributed by atoms with van der Waals surface area (Å²) in [6.45, 7) is 7.70. The third kappa shape index (κ3) is 4.82. The Morgan fingerprint density at radius 2 is 1.76 bits per heavy atom. The first-order valence-electron chi connectivity index (χ1n) is 8.63. The molecule has 1 saturated carbocycles. The molecule has 1 aliphatic rings. The number of rotatable bonds is 7. The van der Waals surface area contributed by atoms with Crippen molar-refractivity contribution in [2.24, 2.45) is 11.1 Å². The van der Waals surface area contributed by atoms with Crippen LogP contribution in [-0.4, -0.2) is 24.0 Å². The van der Waals surface area contributed by atoms with Crippen LogP contribution in [0.1, 0.15) is 57.9 Å². The third-order valence-corrected chi connectivity index (χ3v) is 5.24. The summed E-state index contributed by atoms with van der Waals surface area (Å²) in [6, 6.07) is 11.4. The van der Waals surface area contributed by atoms with Gasteiger partial charge in [-0.1, -0.05) is 49.6 Å². The molecule has 0 atom stereocenters. The Balaban J connectivity index is 1.93. The maximum atomic E-state index is 6.13. The molecule has 0 aromatic heterocycles. The van der Waals surface area contributed by atoms with E-state index in [4.69, 9.17) is 5.73 Å². The van der Waals surface area contributed by atoms with Gasteiger partial charge < -0.3 is 5.73 Å². The van der Waals surface area contributed by atoms with E-state index in [0.29, 0.717) is 11.5 Å². The van der Waals surface area contributed by atoms with Gasteiger partial charge in [-0.15, -0.1) is 0 Å². The quantitative estimate of drug-likeness (QED) is 0.815. The van der Waals surface area contributed by atoms with Gasteiger partial charge in [0.15, 0.2) is 0 Å². The Morgan fingerprint density at radius 3 is 2.33 bits per heavy atom. The van der Waals surface area contributed by atoms with Crippen molar-refractivity contribution >= 4 is 0 Å². The lowest BCUT2D eigenvalue weighted by atomic mass is 9.72. The fourth-order valence-electron chi connectivity index (χ4n) is 3.58. The standard InChI is InChI=1S/C19H32N2/c1-17(2)21(15-18-9-5-3-6-10-18)14-13-19(16-20)11-7-4-8-12-19/h3,5-6,9-10,17H,4,7-8,11-16,20H2,1-2H3. The second kappa shape index (κ2) is 7.95. The first kappa shape index (κ1) is 16.5. The summed E-state index contributed by atoms with van der Waals surface area (Å²) in [5.74, 6) is 0. The van der Waals surface area contributed by atoms with Gasteiger partial charge >= 0.3 is 0 Å². The highest BCUT2D eigenvalue weighted by Gasteiger charge is 2.31. The van der Waals surface area contributed by atoms with Gasteiger partial charge in [-0.25, -0.2) is 0 Å². The topological polar surface area (TPSA) is 29.3 Å². The summed E-state index contributed by atoms with van der Waals surface area (Å²) < 4.78 is 0. The van der Waals surface area contributed by atoms with Gasteiger partial charge in [0.25, 0.3) is 0 Å². The third-order valence-electron chi connectivity index (χ3n) is 5.24. The molecule has 2 heteroatoms. The van der Waals surface area contributed by atoms with Crippen molar-refractivity contribution in [3.05, 3.63) is 35.9 Å². The predicted octanol–water partition coefficient (Wildman–Crippen LogP) is 4.20. The molecule has 1 aromatic carbocycles. The summed E-state index contributed by atoms with van der Waals surface area (Å²) in [4.78, 5) is 2.60. The number of hydrogen-bond acceptors (Lipinski definition) is 2. The van der Waals surface area contributed by atoms with Gasteiger partial charge in [-0.2, -0.15) is 0 Å². The molecule has 1 aromatic rings. The molecule has 0 aliphatic heterocycles. The number of benzene rings is 1. The molecule has 0 unspecified atom stereocenters. The van der Waals surface area contributed by atoms with Gasteiger partial charge in [0.2, 0.25) is 0 Å². The Kier molecular flexibility index (Phi) is 6.25. The van der Waals surface area contributed by atoms with Crippen molar-refractivity contribution in [1.82, 2.24) is 4.90 Å². The monoisotopic (exact) mass is 288 g/mol. The average molecular weight is 288 g/mol. The highest BCUT2D eigenvalue weighted by molar-refractivity contribution is 5.14. The van der Waals surface area contributed by atoms with Crippen molar-refractivity contribution in [2.75, 3.05) is 13.1 Å². The maximum Gasteiger partial charge on any atom is 0.0236 e. The Hall–Kier alpha value is -0.860. The maximum absolute atomic E-state index is 6.13. The largest absolute Gasteiger partial charge is 0.330 e. The van der Waals surface area contributed by atoms with E-state index in [2.05, 4.69) is 49.1 Å². The molecule has 0 bridgehead atoms. The van der Waals surface area contributed by atoms with E-state index >= 15 is 0 Å². The van der Waals surface area contributed by atoms with E-state index in [-0.39, 0.29) is 0 Å². The van der Waals surface area contributed by atoms with Gasteiger partial charge in [0.05, 0.1) is 0 Å². The molecule has 1 fully saturated rings. The van der Waals surface area contributed by atoms with Crippen molar-refractivity contribution in [3.63, 3.8) is 0 Å². The SMILES string of the molecule is CC(C)N(CCC1(CN)CCCCC1)Cc1ccccc1. The highest BCUT2D eigenvalue weighted by atomic mass is 15.1. The lowest BCUT2D eigenvalue weighted by Gasteiger charge is -2.39. The minimum Gasteiger partial charge on any atom is -0.330 e. The molecule has 0 amide bonds. The zero-order valence-electron chi connectivity index (χ0n) is 13.9. The summed E-state index contributed by atoms with van der Waals surface area (Å²) in [7, 11) is 0. The molecule has 0 spiro atoms. The number of nitrogens with two attached hydrogens (primary N) is 1. The predicted molar refractivity (Wildman–Crippen MR) is 91.2 cm³/mol.